The summed E-state index contributed by atoms with van der Waals surface area (Å²) in [6.45, 7) is 6.81. The van der Waals surface area contributed by atoms with E-state index >= 15 is 0 Å². The van der Waals surface area contributed by atoms with E-state index in [-0.39, 0.29) is 0 Å². The molecule has 0 aliphatic heterocycles. The number of benzene rings is 1. The first-order valence-electron chi connectivity index (χ1n) is 7.54. The summed E-state index contributed by atoms with van der Waals surface area (Å²) in [4.78, 5) is 1.46. The summed E-state index contributed by atoms with van der Waals surface area (Å²) in [6, 6.07) is 12.3. The van der Waals surface area contributed by atoms with Crippen LogP contribution >= 0.6 is 11.3 Å². The molecular weight excluding hydrogens is 262 g/mol. The van der Waals surface area contributed by atoms with Crippen LogP contribution in [0.25, 0.3) is 0 Å². The number of aryl methyl sites for hydroxylation is 2. The summed E-state index contributed by atoms with van der Waals surface area (Å²) < 4.78 is 0. The van der Waals surface area contributed by atoms with Crippen LogP contribution in [0.15, 0.2) is 35.7 Å². The summed E-state index contributed by atoms with van der Waals surface area (Å²) in [5, 5.41) is 6.09. The third kappa shape index (κ3) is 2.68. The van der Waals surface area contributed by atoms with Gasteiger partial charge in [0, 0.05) is 17.0 Å². The Morgan fingerprint density at radius 3 is 2.80 bits per heavy atom. The molecule has 2 heteroatoms. The second kappa shape index (κ2) is 5.71. The zero-order valence-electron chi connectivity index (χ0n) is 12.5. The minimum absolute atomic E-state index is 0.464. The van der Waals surface area contributed by atoms with E-state index in [9.17, 15) is 0 Å². The van der Waals surface area contributed by atoms with Crippen molar-refractivity contribution in [2.75, 3.05) is 0 Å². The number of fused-ring (bicyclic) bond motifs is 1. The summed E-state index contributed by atoms with van der Waals surface area (Å²) in [5.74, 6) is 0.613. The second-order valence-corrected chi connectivity index (χ2v) is 7.18. The van der Waals surface area contributed by atoms with E-state index in [0.29, 0.717) is 18.0 Å². The van der Waals surface area contributed by atoms with Gasteiger partial charge in [-0.15, -0.1) is 11.3 Å². The number of hydrogen-bond acceptors (Lipinski definition) is 2. The standard InChI is InChI=1S/C18H23NS/c1-12(2)18(17-5-4-10-20-17)19-16-9-8-14-7-6-13(3)11-15(14)16/h4-7,10-12,16,18-19H,8-9H2,1-3H3. The van der Waals surface area contributed by atoms with Gasteiger partial charge in [-0.3, -0.25) is 0 Å². The first-order valence-corrected chi connectivity index (χ1v) is 8.42. The minimum atomic E-state index is 0.464. The number of thiophene rings is 1. The fraction of sp³-hybridized carbons (Fsp3) is 0.444. The lowest BCUT2D eigenvalue weighted by molar-refractivity contribution is 0.366. The van der Waals surface area contributed by atoms with Gasteiger partial charge in [-0.05, 0) is 48.3 Å². The van der Waals surface area contributed by atoms with Gasteiger partial charge in [-0.1, -0.05) is 43.7 Å². The molecule has 0 fully saturated rings. The van der Waals surface area contributed by atoms with Gasteiger partial charge in [0.15, 0.2) is 0 Å². The Kier molecular flexibility index (Phi) is 3.95. The van der Waals surface area contributed by atoms with Crippen LogP contribution in [-0.4, -0.2) is 0 Å². The fourth-order valence-electron chi connectivity index (χ4n) is 3.18. The maximum Gasteiger partial charge on any atom is 0.0442 e. The summed E-state index contributed by atoms with van der Waals surface area (Å²) >= 11 is 1.86. The molecule has 2 unspecified atom stereocenters. The Bertz CT molecular complexity index is 571. The lowest BCUT2D eigenvalue weighted by Crippen LogP contribution is -2.28. The average molecular weight is 285 g/mol. The Hall–Kier alpha value is -1.12. The zero-order chi connectivity index (χ0) is 14.1. The highest BCUT2D eigenvalue weighted by Gasteiger charge is 2.27. The Labute approximate surface area is 126 Å². The van der Waals surface area contributed by atoms with Gasteiger partial charge in [-0.2, -0.15) is 0 Å². The van der Waals surface area contributed by atoms with Crippen molar-refractivity contribution in [3.63, 3.8) is 0 Å². The first-order chi connectivity index (χ1) is 9.65. The predicted octanol–water partition coefficient (Wildman–Crippen LogP) is 5.03. The van der Waals surface area contributed by atoms with Gasteiger partial charge in [0.05, 0.1) is 0 Å². The van der Waals surface area contributed by atoms with Crippen LogP contribution in [0.5, 0.6) is 0 Å². The van der Waals surface area contributed by atoms with Crippen LogP contribution in [0, 0.1) is 12.8 Å². The first kappa shape index (κ1) is 13.8. The zero-order valence-corrected chi connectivity index (χ0v) is 13.3. The van der Waals surface area contributed by atoms with Crippen molar-refractivity contribution in [1.82, 2.24) is 5.32 Å². The van der Waals surface area contributed by atoms with Gasteiger partial charge in [0.1, 0.15) is 0 Å². The number of hydrogen-bond donors (Lipinski definition) is 1. The largest absolute Gasteiger partial charge is 0.302 e. The summed E-state index contributed by atoms with van der Waals surface area (Å²) in [6.07, 6.45) is 2.44. The van der Waals surface area contributed by atoms with Crippen molar-refractivity contribution in [1.29, 1.82) is 0 Å². The van der Waals surface area contributed by atoms with Crippen molar-refractivity contribution >= 4 is 11.3 Å². The van der Waals surface area contributed by atoms with Gasteiger partial charge < -0.3 is 5.32 Å². The maximum absolute atomic E-state index is 3.91. The highest BCUT2D eigenvalue weighted by molar-refractivity contribution is 7.10. The molecule has 0 saturated carbocycles. The van der Waals surface area contributed by atoms with E-state index in [4.69, 9.17) is 0 Å². The lowest BCUT2D eigenvalue weighted by atomic mass is 9.99. The van der Waals surface area contributed by atoms with E-state index in [0.717, 1.165) is 0 Å². The van der Waals surface area contributed by atoms with E-state index < -0.39 is 0 Å². The van der Waals surface area contributed by atoms with Crippen LogP contribution in [0.3, 0.4) is 0 Å². The third-order valence-corrected chi connectivity index (χ3v) is 5.23. The van der Waals surface area contributed by atoms with E-state index in [2.05, 4.69) is 61.8 Å². The molecule has 1 aliphatic rings. The summed E-state index contributed by atoms with van der Waals surface area (Å²) in [5.41, 5.74) is 4.42. The molecule has 20 heavy (non-hydrogen) atoms. The third-order valence-electron chi connectivity index (χ3n) is 4.28. The molecule has 0 spiro atoms. The molecular formula is C18H23NS. The Morgan fingerprint density at radius 2 is 2.10 bits per heavy atom. The molecule has 1 aromatic carbocycles. The molecule has 1 heterocycles. The van der Waals surface area contributed by atoms with Crippen molar-refractivity contribution in [3.8, 4) is 0 Å². The second-order valence-electron chi connectivity index (χ2n) is 6.20. The predicted molar refractivity (Wildman–Crippen MR) is 87.3 cm³/mol. The van der Waals surface area contributed by atoms with E-state index in [1.165, 1.54) is 34.4 Å². The lowest BCUT2D eigenvalue weighted by Gasteiger charge is -2.26. The van der Waals surface area contributed by atoms with Crippen molar-refractivity contribution in [2.24, 2.45) is 5.92 Å². The number of nitrogens with one attached hydrogen (secondary N) is 1. The van der Waals surface area contributed by atoms with Crippen LogP contribution in [0.2, 0.25) is 0 Å². The van der Waals surface area contributed by atoms with Gasteiger partial charge in [0.2, 0.25) is 0 Å². The van der Waals surface area contributed by atoms with Gasteiger partial charge in [0.25, 0.3) is 0 Å². The molecule has 1 nitrogen and oxygen atoms in total. The van der Waals surface area contributed by atoms with Crippen LogP contribution in [-0.2, 0) is 6.42 Å². The molecule has 1 aromatic heterocycles. The highest BCUT2D eigenvalue weighted by Crippen LogP contribution is 2.36. The quantitative estimate of drug-likeness (QED) is 0.830. The fourth-order valence-corrected chi connectivity index (χ4v) is 4.14. The number of rotatable bonds is 4. The van der Waals surface area contributed by atoms with E-state index in [1.54, 1.807) is 0 Å². The monoisotopic (exact) mass is 285 g/mol. The molecule has 1 aliphatic carbocycles. The normalized spacial score (nSPS) is 19.3. The Balaban J connectivity index is 1.83. The molecule has 0 bridgehead atoms. The molecule has 106 valence electrons. The molecule has 1 N–H and O–H groups in total. The molecule has 0 radical (unpaired) electrons. The SMILES string of the molecule is Cc1ccc2c(c1)C(NC(c1cccs1)C(C)C)CC2. The van der Waals surface area contributed by atoms with Crippen molar-refractivity contribution in [3.05, 3.63) is 57.3 Å². The van der Waals surface area contributed by atoms with Crippen LogP contribution in [0.1, 0.15) is 53.9 Å². The molecule has 0 saturated heterocycles. The topological polar surface area (TPSA) is 12.0 Å². The maximum atomic E-state index is 3.91. The highest BCUT2D eigenvalue weighted by atomic mass is 32.1. The molecule has 2 atom stereocenters. The molecule has 2 aromatic rings. The van der Waals surface area contributed by atoms with Crippen LogP contribution in [0.4, 0.5) is 0 Å². The summed E-state index contributed by atoms with van der Waals surface area (Å²) in [7, 11) is 0. The van der Waals surface area contributed by atoms with Crippen LogP contribution < -0.4 is 5.32 Å². The van der Waals surface area contributed by atoms with E-state index in [1.807, 2.05) is 11.3 Å². The average Bonchev–Trinajstić information content (AvgIpc) is 3.04. The minimum Gasteiger partial charge on any atom is -0.302 e. The van der Waals surface area contributed by atoms with Gasteiger partial charge in [-0.25, -0.2) is 0 Å². The molecule has 3 rings (SSSR count). The Morgan fingerprint density at radius 1 is 1.25 bits per heavy atom. The van der Waals surface area contributed by atoms with Gasteiger partial charge >= 0.3 is 0 Å². The smallest absolute Gasteiger partial charge is 0.0442 e. The molecule has 0 amide bonds. The van der Waals surface area contributed by atoms with Crippen molar-refractivity contribution < 1.29 is 0 Å². The van der Waals surface area contributed by atoms with Crippen molar-refractivity contribution in [2.45, 2.75) is 45.7 Å².